The van der Waals surface area contributed by atoms with Gasteiger partial charge in [0.25, 0.3) is 0 Å². The van der Waals surface area contributed by atoms with Crippen LogP contribution in [0.4, 0.5) is 8.78 Å². The monoisotopic (exact) mass is 544 g/mol. The van der Waals surface area contributed by atoms with E-state index in [-0.39, 0.29) is 42.3 Å². The number of rotatable bonds is 7. The second kappa shape index (κ2) is 9.74. The predicted molar refractivity (Wildman–Crippen MR) is 133 cm³/mol. The van der Waals surface area contributed by atoms with Crippen LogP contribution >= 0.6 is 11.6 Å². The smallest absolute Gasteiger partial charge is 0.188 e. The highest BCUT2D eigenvalue weighted by Crippen LogP contribution is 2.58. The minimum absolute atomic E-state index is 0.0433. The predicted octanol–water partition coefficient (Wildman–Crippen LogP) is 5.42. The van der Waals surface area contributed by atoms with Crippen LogP contribution in [0.1, 0.15) is 18.4 Å². The van der Waals surface area contributed by atoms with Crippen molar-refractivity contribution in [2.45, 2.75) is 54.3 Å². The highest BCUT2D eigenvalue weighted by molar-refractivity contribution is 7.92. The van der Waals surface area contributed by atoms with E-state index in [9.17, 15) is 17.9 Å². The first-order valence-corrected chi connectivity index (χ1v) is 17.3. The zero-order chi connectivity index (χ0) is 25.6. The summed E-state index contributed by atoms with van der Waals surface area (Å²) in [7, 11) is -5.63. The molecule has 2 aliphatic rings. The highest BCUT2D eigenvalue weighted by Gasteiger charge is 2.62. The Morgan fingerprint density at radius 3 is 2.46 bits per heavy atom. The zero-order valence-electron chi connectivity index (χ0n) is 20.1. The number of aliphatic hydroxyl groups is 1. The van der Waals surface area contributed by atoms with Crippen LogP contribution in [0, 0.1) is 23.5 Å². The summed E-state index contributed by atoms with van der Waals surface area (Å²) in [5.41, 5.74) is -0.303. The van der Waals surface area contributed by atoms with Gasteiger partial charge in [0.2, 0.25) is 0 Å². The Balaban J connectivity index is 1.83. The largest absolute Gasteiger partial charge is 0.490 e. The minimum Gasteiger partial charge on any atom is -0.490 e. The summed E-state index contributed by atoms with van der Waals surface area (Å²) < 4.78 is 68.5. The molecular formula is C25H31ClF2O5SSi. The summed E-state index contributed by atoms with van der Waals surface area (Å²) in [6.45, 7) is 7.07. The molecule has 0 spiro atoms. The van der Waals surface area contributed by atoms with Crippen molar-refractivity contribution in [1.82, 2.24) is 0 Å². The van der Waals surface area contributed by atoms with Gasteiger partial charge in [0.05, 0.1) is 29.8 Å². The maximum absolute atomic E-state index is 15.4. The van der Waals surface area contributed by atoms with Gasteiger partial charge in [-0.2, -0.15) is 0 Å². The van der Waals surface area contributed by atoms with E-state index in [1.54, 1.807) is 0 Å². The lowest BCUT2D eigenvalue weighted by atomic mass is 9.66. The van der Waals surface area contributed by atoms with E-state index in [1.165, 1.54) is 24.3 Å². The number of aliphatic hydroxyl groups excluding tert-OH is 1. The van der Waals surface area contributed by atoms with Gasteiger partial charge in [-0.15, -0.1) is 0 Å². The van der Waals surface area contributed by atoms with Crippen molar-refractivity contribution in [3.63, 3.8) is 0 Å². The van der Waals surface area contributed by atoms with Gasteiger partial charge in [-0.05, 0) is 55.3 Å². The van der Waals surface area contributed by atoms with Crippen LogP contribution in [0.15, 0.2) is 41.3 Å². The van der Waals surface area contributed by atoms with E-state index >= 15 is 4.39 Å². The quantitative estimate of drug-likeness (QED) is 0.372. The van der Waals surface area contributed by atoms with E-state index in [0.717, 1.165) is 18.2 Å². The van der Waals surface area contributed by atoms with Crippen molar-refractivity contribution in [2.75, 3.05) is 19.8 Å². The first kappa shape index (κ1) is 26.5. The molecule has 0 radical (unpaired) electrons. The molecule has 1 fully saturated rings. The molecule has 1 heterocycles. The van der Waals surface area contributed by atoms with Crippen LogP contribution in [-0.2, 0) is 19.3 Å². The molecule has 192 valence electrons. The highest BCUT2D eigenvalue weighted by atomic mass is 35.5. The first-order chi connectivity index (χ1) is 16.4. The van der Waals surface area contributed by atoms with Gasteiger partial charge in [-0.3, -0.25) is 0 Å². The molecule has 0 amide bonds. The summed E-state index contributed by atoms with van der Waals surface area (Å²) in [6, 6.07) is 8.44. The second-order valence-electron chi connectivity index (χ2n) is 10.7. The van der Waals surface area contributed by atoms with Gasteiger partial charge in [-0.25, -0.2) is 17.2 Å². The summed E-state index contributed by atoms with van der Waals surface area (Å²) in [4.78, 5) is -0.0433. The summed E-state index contributed by atoms with van der Waals surface area (Å²) in [6.07, 6.45) is -0.839. The Labute approximate surface area is 211 Å². The maximum Gasteiger partial charge on any atom is 0.188 e. The number of halogens is 3. The molecule has 0 bridgehead atoms. The van der Waals surface area contributed by atoms with Crippen molar-refractivity contribution in [1.29, 1.82) is 0 Å². The molecule has 1 aliphatic carbocycles. The summed E-state index contributed by atoms with van der Waals surface area (Å²) in [5.74, 6) is -3.53. The maximum atomic E-state index is 15.4. The molecule has 10 heteroatoms. The molecule has 2 aromatic carbocycles. The van der Waals surface area contributed by atoms with E-state index in [0.29, 0.717) is 11.6 Å². The lowest BCUT2D eigenvalue weighted by molar-refractivity contribution is -0.0583. The van der Waals surface area contributed by atoms with Crippen molar-refractivity contribution in [3.05, 3.63) is 58.6 Å². The van der Waals surface area contributed by atoms with Crippen LogP contribution in [0.5, 0.6) is 5.75 Å². The van der Waals surface area contributed by atoms with Gasteiger partial charge in [0.15, 0.2) is 21.4 Å². The molecule has 5 nitrogen and oxygen atoms in total. The molecule has 4 atom stereocenters. The van der Waals surface area contributed by atoms with Crippen LogP contribution in [-0.4, -0.2) is 47.5 Å². The lowest BCUT2D eigenvalue weighted by Crippen LogP contribution is -2.58. The van der Waals surface area contributed by atoms with Gasteiger partial charge in [-0.1, -0.05) is 31.2 Å². The number of hydrogen-bond donors (Lipinski definition) is 1. The molecule has 2 aromatic rings. The number of benzene rings is 2. The van der Waals surface area contributed by atoms with Crippen molar-refractivity contribution in [2.24, 2.45) is 11.8 Å². The zero-order valence-corrected chi connectivity index (χ0v) is 22.6. The van der Waals surface area contributed by atoms with Crippen LogP contribution in [0.2, 0.25) is 30.7 Å². The van der Waals surface area contributed by atoms with E-state index in [4.69, 9.17) is 21.1 Å². The Morgan fingerprint density at radius 1 is 1.14 bits per heavy atom. The molecule has 0 aromatic heterocycles. The van der Waals surface area contributed by atoms with Crippen molar-refractivity contribution < 1.29 is 31.8 Å². The standard InChI is InChI=1S/C25H31ClF2O5SSi/c1-35(2,3)13-12-32-14-18-19-15-33-24-21(28)9-8-20(27)23(24)25(19,11-10-22(18)29)34(30,31)17-6-4-16(26)5-7-17/h4-9,18-19,22,29H,10-15H2,1-3H3/t18-,19-,22-,25-/m0/s1. The molecular weight excluding hydrogens is 514 g/mol. The van der Waals surface area contributed by atoms with E-state index in [2.05, 4.69) is 19.6 Å². The van der Waals surface area contributed by atoms with Gasteiger partial charge >= 0.3 is 0 Å². The first-order valence-electron chi connectivity index (χ1n) is 11.8. The third-order valence-corrected chi connectivity index (χ3v) is 11.7. The fourth-order valence-corrected chi connectivity index (χ4v) is 8.59. The Bertz CT molecular complexity index is 1190. The van der Waals surface area contributed by atoms with E-state index < -0.39 is 52.2 Å². The van der Waals surface area contributed by atoms with Crippen LogP contribution in [0.3, 0.4) is 0 Å². The normalized spacial score (nSPS) is 26.5. The minimum atomic E-state index is -4.27. The Hall–Kier alpha value is -1.52. The van der Waals surface area contributed by atoms with Gasteiger partial charge < -0.3 is 14.6 Å². The number of fused-ring (bicyclic) bond motifs is 3. The van der Waals surface area contributed by atoms with Crippen LogP contribution in [0.25, 0.3) is 0 Å². The third-order valence-electron chi connectivity index (χ3n) is 7.22. The topological polar surface area (TPSA) is 72.8 Å². The average molecular weight is 545 g/mol. The van der Waals surface area contributed by atoms with E-state index in [1.807, 2.05) is 0 Å². The van der Waals surface area contributed by atoms with Gasteiger partial charge in [0.1, 0.15) is 10.6 Å². The second-order valence-corrected chi connectivity index (χ2v) is 18.9. The SMILES string of the molecule is C[Si](C)(C)CCOC[C@@H]1[C@@H](O)CC[C@@]2(S(=O)(=O)c3ccc(Cl)cc3)c3c(F)ccc(F)c3OC[C@@H]12. The fourth-order valence-electron chi connectivity index (χ4n) is 5.30. The Morgan fingerprint density at radius 2 is 1.80 bits per heavy atom. The third kappa shape index (κ3) is 4.78. The van der Waals surface area contributed by atoms with Crippen molar-refractivity contribution in [3.8, 4) is 5.75 Å². The molecule has 1 saturated carbocycles. The molecule has 0 saturated heterocycles. The molecule has 1 N–H and O–H groups in total. The Kier molecular flexibility index (Phi) is 7.39. The molecule has 35 heavy (non-hydrogen) atoms. The van der Waals surface area contributed by atoms with Crippen molar-refractivity contribution >= 4 is 29.5 Å². The van der Waals surface area contributed by atoms with Crippen LogP contribution < -0.4 is 4.74 Å². The average Bonchev–Trinajstić information content (AvgIpc) is 2.79. The number of sulfone groups is 1. The van der Waals surface area contributed by atoms with Gasteiger partial charge in [0, 0.05) is 31.5 Å². The summed E-state index contributed by atoms with van der Waals surface area (Å²) >= 11 is 5.98. The summed E-state index contributed by atoms with van der Waals surface area (Å²) in [5, 5.41) is 11.3. The number of ether oxygens (including phenoxy) is 2. The molecule has 4 rings (SSSR count). The fraction of sp³-hybridized carbons (Fsp3) is 0.520. The molecule has 0 unspecified atom stereocenters. The lowest BCUT2D eigenvalue weighted by Gasteiger charge is -2.51. The number of hydrogen-bond acceptors (Lipinski definition) is 5. The molecule has 1 aliphatic heterocycles.